The first-order valence-electron chi connectivity index (χ1n) is 4.88. The van der Waals surface area contributed by atoms with Crippen LogP contribution in [0.2, 0.25) is 19.1 Å². The average Bonchev–Trinajstić information content (AvgIpc) is 2.32. The van der Waals surface area contributed by atoms with Crippen molar-refractivity contribution in [2.45, 2.75) is 39.4 Å². The average molecular weight is 180 g/mol. The Balaban J connectivity index is 2.59. The van der Waals surface area contributed by atoms with Crippen LogP contribution in [-0.2, 0) is 0 Å². The minimum atomic E-state index is -1.03. The molecule has 0 bridgehead atoms. The summed E-state index contributed by atoms with van der Waals surface area (Å²) in [6.07, 6.45) is 8.06. The summed E-state index contributed by atoms with van der Waals surface area (Å²) in [5, 5.41) is 1.73. The normalized spacial score (nSPS) is 17.2. The largest absolute Gasteiger partial charge is 0.0809 e. The smallest absolute Gasteiger partial charge is 0.0761 e. The fourth-order valence-electron chi connectivity index (χ4n) is 2.10. The highest BCUT2D eigenvalue weighted by atomic mass is 28.3. The molecule has 1 aliphatic carbocycles. The highest BCUT2D eigenvalue weighted by Gasteiger charge is 2.26. The standard InChI is InChI=1S/C11H20Si/c1-10(2)9-12(3,4)11-7-5-6-8-11/h5-7,10H,8-9H2,1-4H3. The lowest BCUT2D eigenvalue weighted by Gasteiger charge is -2.26. The van der Waals surface area contributed by atoms with E-state index in [0.29, 0.717) is 0 Å². The summed E-state index contributed by atoms with van der Waals surface area (Å²) in [7, 11) is -1.03. The molecule has 1 rings (SSSR count). The minimum Gasteiger partial charge on any atom is -0.0809 e. The molecule has 0 saturated heterocycles. The fraction of sp³-hybridized carbons (Fsp3) is 0.636. The van der Waals surface area contributed by atoms with Crippen molar-refractivity contribution in [2.75, 3.05) is 0 Å². The van der Waals surface area contributed by atoms with Crippen molar-refractivity contribution in [2.24, 2.45) is 5.92 Å². The Morgan fingerprint density at radius 1 is 1.42 bits per heavy atom. The van der Waals surface area contributed by atoms with Gasteiger partial charge in [0.15, 0.2) is 0 Å². The minimum absolute atomic E-state index is 0.855. The van der Waals surface area contributed by atoms with E-state index in [1.165, 1.54) is 12.5 Å². The lowest BCUT2D eigenvalue weighted by atomic mass is 10.3. The molecule has 1 heteroatoms. The second-order valence-corrected chi connectivity index (χ2v) is 9.62. The fourth-order valence-corrected chi connectivity index (χ4v) is 5.62. The van der Waals surface area contributed by atoms with Crippen molar-refractivity contribution in [3.05, 3.63) is 23.4 Å². The quantitative estimate of drug-likeness (QED) is 0.580. The van der Waals surface area contributed by atoms with E-state index in [0.717, 1.165) is 5.92 Å². The third-order valence-electron chi connectivity index (χ3n) is 2.56. The zero-order chi connectivity index (χ0) is 9.19. The van der Waals surface area contributed by atoms with E-state index in [1.54, 1.807) is 5.20 Å². The molecule has 0 fully saturated rings. The van der Waals surface area contributed by atoms with Gasteiger partial charge in [-0.05, 0) is 12.3 Å². The molecule has 0 aromatic carbocycles. The van der Waals surface area contributed by atoms with Gasteiger partial charge in [0.1, 0.15) is 0 Å². The lowest BCUT2D eigenvalue weighted by molar-refractivity contribution is 0.720. The van der Waals surface area contributed by atoms with E-state index in [2.05, 4.69) is 45.2 Å². The van der Waals surface area contributed by atoms with Gasteiger partial charge in [0.2, 0.25) is 0 Å². The van der Waals surface area contributed by atoms with Gasteiger partial charge in [0.05, 0.1) is 8.07 Å². The van der Waals surface area contributed by atoms with Crippen LogP contribution in [0.5, 0.6) is 0 Å². The molecule has 0 spiro atoms. The van der Waals surface area contributed by atoms with E-state index in [-0.39, 0.29) is 0 Å². The van der Waals surface area contributed by atoms with Gasteiger partial charge in [-0.25, -0.2) is 0 Å². The molecule has 0 atom stereocenters. The Morgan fingerprint density at radius 2 is 2.08 bits per heavy atom. The van der Waals surface area contributed by atoms with Crippen molar-refractivity contribution in [1.82, 2.24) is 0 Å². The molecule has 0 radical (unpaired) electrons. The van der Waals surface area contributed by atoms with Gasteiger partial charge < -0.3 is 0 Å². The van der Waals surface area contributed by atoms with Crippen molar-refractivity contribution in [1.29, 1.82) is 0 Å². The zero-order valence-corrected chi connectivity index (χ0v) is 9.72. The molecular weight excluding hydrogens is 160 g/mol. The van der Waals surface area contributed by atoms with E-state index in [1.807, 2.05) is 0 Å². The summed E-state index contributed by atoms with van der Waals surface area (Å²) in [5.41, 5.74) is 0. The van der Waals surface area contributed by atoms with E-state index >= 15 is 0 Å². The summed E-state index contributed by atoms with van der Waals surface area (Å²) in [4.78, 5) is 0. The van der Waals surface area contributed by atoms with Crippen LogP contribution in [0.25, 0.3) is 0 Å². The number of allylic oxidation sites excluding steroid dienone is 4. The molecule has 0 amide bonds. The predicted octanol–water partition coefficient (Wildman–Crippen LogP) is 3.78. The summed E-state index contributed by atoms with van der Waals surface area (Å²) in [5.74, 6) is 0.855. The van der Waals surface area contributed by atoms with Gasteiger partial charge in [0, 0.05) is 0 Å². The molecule has 0 nitrogen and oxygen atoms in total. The highest BCUT2D eigenvalue weighted by molar-refractivity contribution is 6.84. The third-order valence-corrected chi connectivity index (χ3v) is 6.51. The Bertz CT molecular complexity index is 209. The molecule has 1 aliphatic rings. The lowest BCUT2D eigenvalue weighted by Crippen LogP contribution is -2.29. The van der Waals surface area contributed by atoms with Crippen LogP contribution < -0.4 is 0 Å². The van der Waals surface area contributed by atoms with Crippen LogP contribution in [0, 0.1) is 5.92 Å². The third kappa shape index (κ3) is 2.34. The van der Waals surface area contributed by atoms with Crippen LogP contribution in [0.3, 0.4) is 0 Å². The van der Waals surface area contributed by atoms with Crippen LogP contribution in [0.1, 0.15) is 20.3 Å². The van der Waals surface area contributed by atoms with Crippen molar-refractivity contribution >= 4 is 8.07 Å². The van der Waals surface area contributed by atoms with E-state index < -0.39 is 8.07 Å². The molecule has 0 aliphatic heterocycles. The van der Waals surface area contributed by atoms with Crippen LogP contribution in [-0.4, -0.2) is 8.07 Å². The van der Waals surface area contributed by atoms with E-state index in [9.17, 15) is 0 Å². The summed E-state index contributed by atoms with van der Waals surface area (Å²) in [6, 6.07) is 1.43. The molecule has 0 aromatic heterocycles. The van der Waals surface area contributed by atoms with Gasteiger partial charge >= 0.3 is 0 Å². The molecule has 0 N–H and O–H groups in total. The predicted molar refractivity (Wildman–Crippen MR) is 59.0 cm³/mol. The Labute approximate surface area is 77.4 Å². The SMILES string of the molecule is CC(C)C[Si](C)(C)C1=CC=CC1. The first-order chi connectivity index (χ1) is 5.52. The van der Waals surface area contributed by atoms with Crippen molar-refractivity contribution in [3.8, 4) is 0 Å². The van der Waals surface area contributed by atoms with Crippen LogP contribution >= 0.6 is 0 Å². The molecule has 0 aromatic rings. The molecule has 12 heavy (non-hydrogen) atoms. The first-order valence-corrected chi connectivity index (χ1v) is 8.09. The summed E-state index contributed by atoms with van der Waals surface area (Å²) < 4.78 is 0. The molecule has 68 valence electrons. The highest BCUT2D eigenvalue weighted by Crippen LogP contribution is 2.28. The second kappa shape index (κ2) is 3.61. The number of rotatable bonds is 3. The Hall–Kier alpha value is -0.303. The maximum absolute atomic E-state index is 2.49. The molecule has 0 unspecified atom stereocenters. The van der Waals surface area contributed by atoms with Gasteiger partial charge in [-0.1, -0.05) is 56.4 Å². The molecular formula is C11H20Si. The first kappa shape index (κ1) is 9.78. The number of hydrogen-bond donors (Lipinski definition) is 0. The maximum Gasteiger partial charge on any atom is 0.0761 e. The van der Waals surface area contributed by atoms with Gasteiger partial charge in [0.25, 0.3) is 0 Å². The second-order valence-electron chi connectivity index (χ2n) is 4.81. The maximum atomic E-state index is 2.49. The number of hydrogen-bond acceptors (Lipinski definition) is 0. The van der Waals surface area contributed by atoms with Gasteiger partial charge in [-0.2, -0.15) is 0 Å². The molecule has 0 heterocycles. The van der Waals surface area contributed by atoms with Crippen molar-refractivity contribution in [3.63, 3.8) is 0 Å². The van der Waals surface area contributed by atoms with Crippen LogP contribution in [0.15, 0.2) is 23.4 Å². The van der Waals surface area contributed by atoms with E-state index in [4.69, 9.17) is 0 Å². The Kier molecular flexibility index (Phi) is 2.94. The summed E-state index contributed by atoms with van der Waals surface area (Å²) >= 11 is 0. The van der Waals surface area contributed by atoms with Crippen molar-refractivity contribution < 1.29 is 0 Å². The zero-order valence-electron chi connectivity index (χ0n) is 8.72. The summed E-state index contributed by atoms with van der Waals surface area (Å²) in [6.45, 7) is 9.65. The van der Waals surface area contributed by atoms with Gasteiger partial charge in [-0.15, -0.1) is 0 Å². The van der Waals surface area contributed by atoms with Gasteiger partial charge in [-0.3, -0.25) is 0 Å². The monoisotopic (exact) mass is 180 g/mol. The van der Waals surface area contributed by atoms with Crippen LogP contribution in [0.4, 0.5) is 0 Å². The molecule has 0 saturated carbocycles. The Morgan fingerprint density at radius 3 is 2.50 bits per heavy atom. The topological polar surface area (TPSA) is 0 Å².